The molecule has 0 aromatic heterocycles. The molecular weight excluding hydrogens is 244 g/mol. The Kier molecular flexibility index (Phi) is 3.86. The van der Waals surface area contributed by atoms with Crippen LogP contribution in [0.4, 0.5) is 0 Å². The van der Waals surface area contributed by atoms with Crippen LogP contribution >= 0.6 is 0 Å². The van der Waals surface area contributed by atoms with Crippen LogP contribution in [0.1, 0.15) is 49.4 Å². The highest BCUT2D eigenvalue weighted by molar-refractivity contribution is 6.01. The van der Waals surface area contributed by atoms with Gasteiger partial charge in [0, 0.05) is 11.5 Å². The molecule has 1 fully saturated rings. The Bertz CT molecular complexity index is 614. The zero-order chi connectivity index (χ0) is 13.9. The monoisotopic (exact) mass is 266 g/mol. The Morgan fingerprint density at radius 2 is 1.75 bits per heavy atom. The average Bonchev–Trinajstić information content (AvgIpc) is 2.71. The third-order valence-corrected chi connectivity index (χ3v) is 4.66. The minimum absolute atomic E-state index is 0.237. The Hall–Kier alpha value is -1.63. The minimum Gasteiger partial charge on any atom is -0.294 e. The number of carbonyl (C=O) groups is 1. The molecule has 1 heteroatoms. The summed E-state index contributed by atoms with van der Waals surface area (Å²) in [4.78, 5) is 12.7. The van der Waals surface area contributed by atoms with Crippen molar-refractivity contribution < 1.29 is 4.79 Å². The summed E-state index contributed by atoms with van der Waals surface area (Å²) in [7, 11) is 0. The first-order chi connectivity index (χ1) is 9.74. The summed E-state index contributed by atoms with van der Waals surface area (Å²) in [5.74, 6) is 1.37. The van der Waals surface area contributed by atoms with Crippen LogP contribution in [-0.2, 0) is 0 Å². The van der Waals surface area contributed by atoms with Crippen LogP contribution in [0, 0.1) is 11.8 Å². The predicted octanol–water partition coefficient (Wildman–Crippen LogP) is 5.24. The van der Waals surface area contributed by atoms with Gasteiger partial charge >= 0.3 is 0 Å². The van der Waals surface area contributed by atoms with Crippen molar-refractivity contribution >= 4 is 16.6 Å². The molecule has 0 N–H and O–H groups in total. The van der Waals surface area contributed by atoms with Gasteiger partial charge in [-0.25, -0.2) is 0 Å². The van der Waals surface area contributed by atoms with Crippen LogP contribution in [0.5, 0.6) is 0 Å². The maximum atomic E-state index is 12.7. The smallest absolute Gasteiger partial charge is 0.165 e. The zero-order valence-corrected chi connectivity index (χ0v) is 12.1. The SMILES string of the molecule is CC1CCCC(C(=O)c2ccc3ccccc3c2)CC1. The molecule has 1 aliphatic rings. The van der Waals surface area contributed by atoms with Crippen molar-refractivity contribution in [1.82, 2.24) is 0 Å². The van der Waals surface area contributed by atoms with E-state index in [1.807, 2.05) is 18.2 Å². The highest BCUT2D eigenvalue weighted by Crippen LogP contribution is 2.30. The van der Waals surface area contributed by atoms with E-state index in [9.17, 15) is 4.79 Å². The van der Waals surface area contributed by atoms with Crippen molar-refractivity contribution in [1.29, 1.82) is 0 Å². The zero-order valence-electron chi connectivity index (χ0n) is 12.1. The largest absolute Gasteiger partial charge is 0.294 e. The second-order valence-corrected chi connectivity index (χ2v) is 6.24. The van der Waals surface area contributed by atoms with Gasteiger partial charge in [-0.1, -0.05) is 62.6 Å². The average molecular weight is 266 g/mol. The maximum Gasteiger partial charge on any atom is 0.165 e. The van der Waals surface area contributed by atoms with Gasteiger partial charge in [0.2, 0.25) is 0 Å². The molecule has 0 amide bonds. The fourth-order valence-electron chi connectivity index (χ4n) is 3.33. The van der Waals surface area contributed by atoms with E-state index in [0.717, 1.165) is 24.3 Å². The number of rotatable bonds is 2. The van der Waals surface area contributed by atoms with Gasteiger partial charge in [0.25, 0.3) is 0 Å². The second kappa shape index (κ2) is 5.78. The first-order valence-corrected chi connectivity index (χ1v) is 7.77. The number of hydrogen-bond acceptors (Lipinski definition) is 1. The topological polar surface area (TPSA) is 17.1 Å². The molecule has 3 rings (SSSR count). The predicted molar refractivity (Wildman–Crippen MR) is 84.0 cm³/mol. The van der Waals surface area contributed by atoms with Gasteiger partial charge in [0.05, 0.1) is 0 Å². The third-order valence-electron chi connectivity index (χ3n) is 4.66. The summed E-state index contributed by atoms with van der Waals surface area (Å²) in [6.07, 6.45) is 5.81. The van der Waals surface area contributed by atoms with Crippen LogP contribution in [0.3, 0.4) is 0 Å². The molecule has 0 bridgehead atoms. The fraction of sp³-hybridized carbons (Fsp3) is 0.421. The number of fused-ring (bicyclic) bond motifs is 1. The molecule has 2 aromatic rings. The molecule has 0 heterocycles. The Balaban J connectivity index is 1.84. The summed E-state index contributed by atoms with van der Waals surface area (Å²) >= 11 is 0. The molecule has 1 aliphatic carbocycles. The van der Waals surface area contributed by atoms with Gasteiger partial charge in [-0.15, -0.1) is 0 Å². The molecule has 2 aromatic carbocycles. The molecule has 20 heavy (non-hydrogen) atoms. The van der Waals surface area contributed by atoms with E-state index in [1.54, 1.807) is 0 Å². The molecule has 0 saturated heterocycles. The molecular formula is C19H22O. The Morgan fingerprint density at radius 3 is 2.60 bits per heavy atom. The van der Waals surface area contributed by atoms with E-state index in [4.69, 9.17) is 0 Å². The van der Waals surface area contributed by atoms with E-state index in [0.29, 0.717) is 5.78 Å². The van der Waals surface area contributed by atoms with Crippen molar-refractivity contribution in [3.8, 4) is 0 Å². The number of ketones is 1. The van der Waals surface area contributed by atoms with Crippen LogP contribution in [0.2, 0.25) is 0 Å². The summed E-state index contributed by atoms with van der Waals surface area (Å²) in [5, 5.41) is 2.37. The molecule has 104 valence electrons. The molecule has 0 radical (unpaired) electrons. The summed E-state index contributed by atoms with van der Waals surface area (Å²) < 4.78 is 0. The third kappa shape index (κ3) is 2.77. The molecule has 0 spiro atoms. The lowest BCUT2D eigenvalue weighted by Gasteiger charge is -2.13. The van der Waals surface area contributed by atoms with E-state index < -0.39 is 0 Å². The fourth-order valence-corrected chi connectivity index (χ4v) is 3.33. The van der Waals surface area contributed by atoms with Crippen LogP contribution in [-0.4, -0.2) is 5.78 Å². The molecule has 2 atom stereocenters. The van der Waals surface area contributed by atoms with Crippen LogP contribution < -0.4 is 0 Å². The first kappa shape index (κ1) is 13.4. The molecule has 1 nitrogen and oxygen atoms in total. The van der Waals surface area contributed by atoms with Gasteiger partial charge in [0.1, 0.15) is 0 Å². The first-order valence-electron chi connectivity index (χ1n) is 7.77. The summed E-state index contributed by atoms with van der Waals surface area (Å²) in [5.41, 5.74) is 0.892. The van der Waals surface area contributed by atoms with Gasteiger partial charge < -0.3 is 0 Å². The molecule has 0 aliphatic heterocycles. The lowest BCUT2D eigenvalue weighted by Crippen LogP contribution is -2.14. The van der Waals surface area contributed by atoms with Gasteiger partial charge in [-0.2, -0.15) is 0 Å². The van der Waals surface area contributed by atoms with Crippen LogP contribution in [0.15, 0.2) is 42.5 Å². The minimum atomic E-state index is 0.237. The lowest BCUT2D eigenvalue weighted by molar-refractivity contribution is 0.0907. The lowest BCUT2D eigenvalue weighted by atomic mass is 9.90. The standard InChI is InChI=1S/C19H22O/c1-14-5-4-8-16(10-9-14)19(20)18-12-11-15-6-2-3-7-17(15)13-18/h2-3,6-7,11-14,16H,4-5,8-10H2,1H3. The second-order valence-electron chi connectivity index (χ2n) is 6.24. The van der Waals surface area contributed by atoms with Gasteiger partial charge in [-0.05, 0) is 35.6 Å². The summed E-state index contributed by atoms with van der Waals surface area (Å²) in [6, 6.07) is 14.4. The van der Waals surface area contributed by atoms with Crippen molar-refractivity contribution in [2.24, 2.45) is 11.8 Å². The van der Waals surface area contributed by atoms with Crippen LogP contribution in [0.25, 0.3) is 10.8 Å². The Labute approximate surface area is 121 Å². The summed E-state index contributed by atoms with van der Waals surface area (Å²) in [6.45, 7) is 2.31. The van der Waals surface area contributed by atoms with Crippen molar-refractivity contribution in [3.63, 3.8) is 0 Å². The van der Waals surface area contributed by atoms with E-state index in [-0.39, 0.29) is 5.92 Å². The maximum absolute atomic E-state index is 12.7. The highest BCUT2D eigenvalue weighted by atomic mass is 16.1. The van der Waals surface area contributed by atoms with E-state index >= 15 is 0 Å². The van der Waals surface area contributed by atoms with Gasteiger partial charge in [-0.3, -0.25) is 4.79 Å². The number of Topliss-reactive ketones (excluding diaryl/α,β-unsaturated/α-hetero) is 1. The number of carbonyl (C=O) groups excluding carboxylic acids is 1. The van der Waals surface area contributed by atoms with Crippen molar-refractivity contribution in [3.05, 3.63) is 48.0 Å². The van der Waals surface area contributed by atoms with E-state index in [2.05, 4.69) is 31.2 Å². The normalized spacial score (nSPS) is 23.4. The quantitative estimate of drug-likeness (QED) is 0.536. The van der Waals surface area contributed by atoms with Crippen molar-refractivity contribution in [2.75, 3.05) is 0 Å². The number of hydrogen-bond donors (Lipinski definition) is 0. The highest BCUT2D eigenvalue weighted by Gasteiger charge is 2.23. The Morgan fingerprint density at radius 1 is 0.950 bits per heavy atom. The molecule has 2 unspecified atom stereocenters. The molecule has 1 saturated carbocycles. The van der Waals surface area contributed by atoms with Gasteiger partial charge in [0.15, 0.2) is 5.78 Å². The number of benzene rings is 2. The van der Waals surface area contributed by atoms with E-state index in [1.165, 1.54) is 30.0 Å². The van der Waals surface area contributed by atoms with Crippen molar-refractivity contribution in [2.45, 2.75) is 39.0 Å².